The number of hydrogen-bond donors (Lipinski definition) is 0. The Bertz CT molecular complexity index is 1020. The molecule has 118 valence electrons. The average Bonchev–Trinajstić information content (AvgIpc) is 3.03. The van der Waals surface area contributed by atoms with Gasteiger partial charge >= 0.3 is 5.88 Å². The first-order valence-corrected chi connectivity index (χ1v) is 8.27. The molecule has 3 aromatic heterocycles. The van der Waals surface area contributed by atoms with Crippen LogP contribution in [-0.4, -0.2) is 9.97 Å². The minimum absolute atomic E-state index is 0.166. The lowest BCUT2D eigenvalue weighted by molar-refractivity contribution is -0.611. The number of halogens is 1. The highest BCUT2D eigenvalue weighted by atomic mass is 35.5. The Morgan fingerprint density at radius 3 is 2.71 bits per heavy atom. The Labute approximate surface area is 146 Å². The molecular weight excluding hydrogens is 346 g/mol. The van der Waals surface area contributed by atoms with E-state index in [0.717, 1.165) is 20.7 Å². The summed E-state index contributed by atoms with van der Waals surface area (Å²) in [5, 5.41) is 12.4. The highest BCUT2D eigenvalue weighted by Gasteiger charge is 2.15. The van der Waals surface area contributed by atoms with Crippen molar-refractivity contribution in [3.8, 4) is 22.2 Å². The summed E-state index contributed by atoms with van der Waals surface area (Å²) in [6, 6.07) is 14.5. The molecule has 0 N–H and O–H groups in total. The van der Waals surface area contributed by atoms with Gasteiger partial charge in [0.2, 0.25) is 5.88 Å². The third-order valence-electron chi connectivity index (χ3n) is 3.40. The summed E-state index contributed by atoms with van der Waals surface area (Å²) >= 11 is 7.44. The van der Waals surface area contributed by atoms with Crippen LogP contribution in [0.3, 0.4) is 0 Å². The van der Waals surface area contributed by atoms with Crippen molar-refractivity contribution in [2.24, 2.45) is 0 Å². The number of ether oxygens (including phenoxy) is 1. The number of thiophene rings is 1. The maximum Gasteiger partial charge on any atom is 0.386 e. The van der Waals surface area contributed by atoms with E-state index in [-0.39, 0.29) is 5.88 Å². The van der Waals surface area contributed by atoms with Gasteiger partial charge in [-0.2, -0.15) is 4.98 Å². The van der Waals surface area contributed by atoms with Gasteiger partial charge in [0.25, 0.3) is 0 Å². The number of fused-ring (bicyclic) bond motifs is 1. The Morgan fingerprint density at radius 2 is 1.92 bits per heavy atom. The van der Waals surface area contributed by atoms with E-state index in [4.69, 9.17) is 16.3 Å². The van der Waals surface area contributed by atoms with E-state index in [2.05, 4.69) is 9.97 Å². The molecule has 7 heteroatoms. The molecule has 0 unspecified atom stereocenters. The lowest BCUT2D eigenvalue weighted by Crippen LogP contribution is -2.26. The Kier molecular flexibility index (Phi) is 3.76. The summed E-state index contributed by atoms with van der Waals surface area (Å²) in [5.41, 5.74) is 1.80. The number of aromatic nitrogens is 3. The third-order valence-corrected chi connectivity index (χ3v) is 4.81. The van der Waals surface area contributed by atoms with Crippen molar-refractivity contribution < 1.29 is 9.47 Å². The van der Waals surface area contributed by atoms with Gasteiger partial charge in [-0.25, -0.2) is 4.98 Å². The first kappa shape index (κ1) is 14.9. The number of hydrogen-bond acceptors (Lipinski definition) is 5. The molecule has 0 radical (unpaired) electrons. The van der Waals surface area contributed by atoms with Gasteiger partial charge < -0.3 is 9.94 Å². The molecule has 0 aliphatic rings. The Morgan fingerprint density at radius 1 is 1.08 bits per heavy atom. The summed E-state index contributed by atoms with van der Waals surface area (Å²) in [7, 11) is 0. The van der Waals surface area contributed by atoms with Crippen molar-refractivity contribution in [2.45, 2.75) is 0 Å². The zero-order chi connectivity index (χ0) is 16.5. The van der Waals surface area contributed by atoms with Crippen molar-refractivity contribution in [3.05, 3.63) is 71.3 Å². The summed E-state index contributed by atoms with van der Waals surface area (Å²) in [4.78, 5) is 9.47. The zero-order valence-electron chi connectivity index (χ0n) is 12.2. The first-order chi connectivity index (χ1) is 11.7. The molecule has 0 aliphatic heterocycles. The van der Waals surface area contributed by atoms with Gasteiger partial charge in [0, 0.05) is 16.0 Å². The fourth-order valence-corrected chi connectivity index (χ4v) is 3.42. The van der Waals surface area contributed by atoms with E-state index in [1.807, 2.05) is 30.3 Å². The average molecular weight is 356 g/mol. The van der Waals surface area contributed by atoms with Crippen LogP contribution in [0.1, 0.15) is 0 Å². The molecule has 0 atom stereocenters. The Balaban J connectivity index is 1.77. The lowest BCUT2D eigenvalue weighted by atomic mass is 10.2. The highest BCUT2D eigenvalue weighted by molar-refractivity contribution is 7.22. The van der Waals surface area contributed by atoms with Gasteiger partial charge in [-0.15, -0.1) is 16.1 Å². The van der Waals surface area contributed by atoms with Crippen LogP contribution in [0.5, 0.6) is 11.8 Å². The topological polar surface area (TPSA) is 62.0 Å². The number of rotatable bonds is 3. The van der Waals surface area contributed by atoms with E-state index in [1.165, 1.54) is 23.9 Å². The van der Waals surface area contributed by atoms with E-state index in [0.29, 0.717) is 15.6 Å². The van der Waals surface area contributed by atoms with Crippen molar-refractivity contribution in [1.82, 2.24) is 9.97 Å². The van der Waals surface area contributed by atoms with Crippen LogP contribution >= 0.6 is 22.9 Å². The van der Waals surface area contributed by atoms with E-state index >= 15 is 0 Å². The van der Waals surface area contributed by atoms with Crippen LogP contribution in [0.15, 0.2) is 61.1 Å². The quantitative estimate of drug-likeness (QED) is 0.402. The molecule has 0 amide bonds. The van der Waals surface area contributed by atoms with E-state index < -0.39 is 0 Å². The van der Waals surface area contributed by atoms with Crippen LogP contribution in [-0.2, 0) is 0 Å². The second-order valence-corrected chi connectivity index (χ2v) is 6.47. The van der Waals surface area contributed by atoms with Gasteiger partial charge in [0.15, 0.2) is 6.20 Å². The molecule has 0 aliphatic carbocycles. The van der Waals surface area contributed by atoms with Gasteiger partial charge in [0.05, 0.1) is 11.6 Å². The van der Waals surface area contributed by atoms with Crippen molar-refractivity contribution in [3.63, 3.8) is 0 Å². The second-order valence-electron chi connectivity index (χ2n) is 4.98. The normalized spacial score (nSPS) is 10.9. The smallest absolute Gasteiger partial charge is 0.386 e. The predicted octanol–water partition coefficient (Wildman–Crippen LogP) is 4.44. The number of nitrogens with zero attached hydrogens (tertiary/aromatic N) is 3. The molecular formula is C17H10ClN3O2S. The molecule has 0 spiro atoms. The maximum absolute atomic E-state index is 11.8. The molecule has 0 bridgehead atoms. The highest BCUT2D eigenvalue weighted by Crippen LogP contribution is 2.37. The SMILES string of the molecule is [O-][n+]1ccccc1Oc1ncnc2cc(-c3ccc(Cl)cc3)sc12. The lowest BCUT2D eigenvalue weighted by Gasteiger charge is -2.04. The third kappa shape index (κ3) is 2.77. The zero-order valence-corrected chi connectivity index (χ0v) is 13.8. The fraction of sp³-hybridized carbons (Fsp3) is 0. The number of benzene rings is 1. The summed E-state index contributed by atoms with van der Waals surface area (Å²) in [5.74, 6) is 0.528. The van der Waals surface area contributed by atoms with Gasteiger partial charge in [-0.05, 0) is 29.8 Å². The van der Waals surface area contributed by atoms with Crippen LogP contribution in [0, 0.1) is 5.21 Å². The minimum atomic E-state index is 0.166. The number of pyridine rings is 1. The first-order valence-electron chi connectivity index (χ1n) is 7.07. The van der Waals surface area contributed by atoms with E-state index in [9.17, 15) is 5.21 Å². The fourth-order valence-electron chi connectivity index (χ4n) is 2.25. The standard InChI is InChI=1S/C17H10ClN3O2S/c18-12-6-4-11(5-7-12)14-9-13-16(24-14)17(20-10-19-13)23-15-3-1-2-8-21(15)22/h1-10H. The predicted molar refractivity (Wildman–Crippen MR) is 93.3 cm³/mol. The Hall–Kier alpha value is -2.70. The molecule has 5 nitrogen and oxygen atoms in total. The van der Waals surface area contributed by atoms with Crippen LogP contribution < -0.4 is 9.47 Å². The molecule has 0 saturated carbocycles. The monoisotopic (exact) mass is 355 g/mol. The van der Waals surface area contributed by atoms with Crippen LogP contribution in [0.4, 0.5) is 0 Å². The minimum Gasteiger partial charge on any atom is -0.616 e. The van der Waals surface area contributed by atoms with Gasteiger partial charge in [0.1, 0.15) is 11.0 Å². The van der Waals surface area contributed by atoms with E-state index in [1.54, 1.807) is 18.2 Å². The summed E-state index contributed by atoms with van der Waals surface area (Å²) in [6.45, 7) is 0. The molecule has 24 heavy (non-hydrogen) atoms. The summed E-state index contributed by atoms with van der Waals surface area (Å²) in [6.07, 6.45) is 2.80. The van der Waals surface area contributed by atoms with Gasteiger partial charge in [-0.1, -0.05) is 23.7 Å². The van der Waals surface area contributed by atoms with Crippen molar-refractivity contribution >= 4 is 33.2 Å². The van der Waals surface area contributed by atoms with Gasteiger partial charge in [-0.3, -0.25) is 0 Å². The van der Waals surface area contributed by atoms with Crippen molar-refractivity contribution in [1.29, 1.82) is 0 Å². The molecule has 3 heterocycles. The molecule has 4 aromatic rings. The van der Waals surface area contributed by atoms with Crippen molar-refractivity contribution in [2.75, 3.05) is 0 Å². The maximum atomic E-state index is 11.8. The second kappa shape index (κ2) is 6.07. The molecule has 0 saturated heterocycles. The molecule has 4 rings (SSSR count). The van der Waals surface area contributed by atoms with Crippen LogP contribution in [0.2, 0.25) is 5.02 Å². The summed E-state index contributed by atoms with van der Waals surface area (Å²) < 4.78 is 7.12. The van der Waals surface area contributed by atoms with Crippen LogP contribution in [0.25, 0.3) is 20.7 Å². The largest absolute Gasteiger partial charge is 0.616 e. The molecule has 1 aromatic carbocycles. The molecule has 0 fully saturated rings.